The summed E-state index contributed by atoms with van der Waals surface area (Å²) in [4.78, 5) is 12.0. The summed E-state index contributed by atoms with van der Waals surface area (Å²) in [6, 6.07) is 18.6. The molecule has 0 aliphatic rings. The van der Waals surface area contributed by atoms with Crippen molar-refractivity contribution in [1.82, 2.24) is 9.78 Å². The van der Waals surface area contributed by atoms with Gasteiger partial charge < -0.3 is 14.8 Å². The Kier molecular flexibility index (Phi) is 4.76. The summed E-state index contributed by atoms with van der Waals surface area (Å²) in [5, 5.41) is 7.02. The van der Waals surface area contributed by atoms with E-state index in [1.54, 1.807) is 36.2 Å². The molecule has 6 nitrogen and oxygen atoms in total. The van der Waals surface area contributed by atoms with Gasteiger partial charge in [-0.1, -0.05) is 30.3 Å². The molecule has 0 spiro atoms. The quantitative estimate of drug-likeness (QED) is 0.757. The zero-order valence-electron chi connectivity index (χ0n) is 13.2. The molecule has 0 saturated carbocycles. The molecule has 0 aliphatic carbocycles. The molecule has 2 aromatic carbocycles. The molecule has 0 aliphatic heterocycles. The number of carbonyl (C=O) groups excluding carboxylic acids is 1. The molecule has 1 heterocycles. The standard InChI is InChI=1S/C18H17N3O3/c1-23-15-9-5-6-10-16(15)24-13-18(22)19-17-11-12-21(20-17)14-7-3-2-4-8-14/h2-12H,13H2,1H3,(H,19,20,22). The molecule has 0 bridgehead atoms. The first-order valence-corrected chi connectivity index (χ1v) is 7.43. The summed E-state index contributed by atoms with van der Waals surface area (Å²) in [5.74, 6) is 1.27. The number of rotatable bonds is 6. The lowest BCUT2D eigenvalue weighted by atomic mass is 10.3. The maximum absolute atomic E-state index is 12.0. The van der Waals surface area contributed by atoms with Crippen LogP contribution >= 0.6 is 0 Å². The second kappa shape index (κ2) is 7.32. The third-order valence-corrected chi connectivity index (χ3v) is 3.31. The lowest BCUT2D eigenvalue weighted by Crippen LogP contribution is -2.20. The Morgan fingerprint density at radius 1 is 1.04 bits per heavy atom. The van der Waals surface area contributed by atoms with Crippen LogP contribution in [0.15, 0.2) is 66.9 Å². The van der Waals surface area contributed by atoms with Crippen LogP contribution in [-0.4, -0.2) is 29.4 Å². The van der Waals surface area contributed by atoms with Gasteiger partial charge in [-0.25, -0.2) is 4.68 Å². The molecule has 1 aromatic heterocycles. The summed E-state index contributed by atoms with van der Waals surface area (Å²) >= 11 is 0. The van der Waals surface area contributed by atoms with Crippen molar-refractivity contribution < 1.29 is 14.3 Å². The number of para-hydroxylation sites is 3. The molecule has 1 N–H and O–H groups in total. The number of aromatic nitrogens is 2. The Hall–Kier alpha value is -3.28. The SMILES string of the molecule is COc1ccccc1OCC(=O)Nc1ccn(-c2ccccc2)n1. The van der Waals surface area contributed by atoms with Crippen molar-refractivity contribution in [2.24, 2.45) is 0 Å². The Labute approximate surface area is 139 Å². The van der Waals surface area contributed by atoms with E-state index in [-0.39, 0.29) is 12.5 Å². The Morgan fingerprint density at radius 3 is 2.50 bits per heavy atom. The van der Waals surface area contributed by atoms with Crippen molar-refractivity contribution in [2.75, 3.05) is 19.0 Å². The molecule has 122 valence electrons. The Morgan fingerprint density at radius 2 is 1.75 bits per heavy atom. The van der Waals surface area contributed by atoms with Gasteiger partial charge in [0.2, 0.25) is 0 Å². The van der Waals surface area contributed by atoms with Crippen LogP contribution in [0.2, 0.25) is 0 Å². The van der Waals surface area contributed by atoms with Gasteiger partial charge in [-0.15, -0.1) is 0 Å². The summed E-state index contributed by atoms with van der Waals surface area (Å²) in [6.07, 6.45) is 1.78. The van der Waals surface area contributed by atoms with E-state index in [1.165, 1.54) is 0 Å². The van der Waals surface area contributed by atoms with Crippen LogP contribution in [0.25, 0.3) is 5.69 Å². The fourth-order valence-corrected chi connectivity index (χ4v) is 2.18. The number of carbonyl (C=O) groups is 1. The minimum absolute atomic E-state index is 0.126. The van der Waals surface area contributed by atoms with Crippen LogP contribution in [0.1, 0.15) is 0 Å². The van der Waals surface area contributed by atoms with E-state index in [9.17, 15) is 4.79 Å². The van der Waals surface area contributed by atoms with Gasteiger partial charge in [-0.2, -0.15) is 5.10 Å². The van der Waals surface area contributed by atoms with Gasteiger partial charge >= 0.3 is 0 Å². The molecule has 0 unspecified atom stereocenters. The monoisotopic (exact) mass is 323 g/mol. The maximum atomic E-state index is 12.0. The van der Waals surface area contributed by atoms with E-state index >= 15 is 0 Å². The highest BCUT2D eigenvalue weighted by Gasteiger charge is 2.09. The molecular weight excluding hydrogens is 306 g/mol. The average Bonchev–Trinajstić information content (AvgIpc) is 3.09. The third-order valence-electron chi connectivity index (χ3n) is 3.31. The molecule has 0 atom stereocenters. The average molecular weight is 323 g/mol. The summed E-state index contributed by atoms with van der Waals surface area (Å²) < 4.78 is 12.3. The predicted octanol–water partition coefficient (Wildman–Crippen LogP) is 2.90. The number of hydrogen-bond acceptors (Lipinski definition) is 4. The highest BCUT2D eigenvalue weighted by Crippen LogP contribution is 2.25. The topological polar surface area (TPSA) is 65.4 Å². The minimum Gasteiger partial charge on any atom is -0.493 e. The van der Waals surface area contributed by atoms with Gasteiger partial charge in [0.05, 0.1) is 12.8 Å². The van der Waals surface area contributed by atoms with E-state index in [0.717, 1.165) is 5.69 Å². The molecule has 3 rings (SSSR count). The van der Waals surface area contributed by atoms with Gasteiger partial charge in [0.15, 0.2) is 23.9 Å². The molecule has 3 aromatic rings. The number of amides is 1. The van der Waals surface area contributed by atoms with Gasteiger partial charge in [0, 0.05) is 12.3 Å². The summed E-state index contributed by atoms with van der Waals surface area (Å²) in [7, 11) is 1.55. The van der Waals surface area contributed by atoms with Crippen LogP contribution in [0.3, 0.4) is 0 Å². The second-order valence-corrected chi connectivity index (χ2v) is 4.97. The normalized spacial score (nSPS) is 10.2. The van der Waals surface area contributed by atoms with Crippen molar-refractivity contribution in [3.63, 3.8) is 0 Å². The van der Waals surface area contributed by atoms with Gasteiger partial charge in [0.1, 0.15) is 0 Å². The van der Waals surface area contributed by atoms with Crippen LogP contribution in [-0.2, 0) is 4.79 Å². The fraction of sp³-hybridized carbons (Fsp3) is 0.111. The van der Waals surface area contributed by atoms with Crippen LogP contribution in [0.5, 0.6) is 11.5 Å². The van der Waals surface area contributed by atoms with Crippen molar-refractivity contribution in [3.05, 3.63) is 66.9 Å². The molecule has 6 heteroatoms. The fourth-order valence-electron chi connectivity index (χ4n) is 2.18. The smallest absolute Gasteiger partial charge is 0.263 e. The van der Waals surface area contributed by atoms with E-state index in [2.05, 4.69) is 10.4 Å². The van der Waals surface area contributed by atoms with E-state index in [1.807, 2.05) is 42.5 Å². The zero-order chi connectivity index (χ0) is 16.8. The zero-order valence-corrected chi connectivity index (χ0v) is 13.2. The van der Waals surface area contributed by atoms with Crippen molar-refractivity contribution in [3.8, 4) is 17.2 Å². The molecular formula is C18H17N3O3. The highest BCUT2D eigenvalue weighted by atomic mass is 16.5. The van der Waals surface area contributed by atoms with Crippen LogP contribution in [0.4, 0.5) is 5.82 Å². The molecule has 24 heavy (non-hydrogen) atoms. The molecule has 0 saturated heterocycles. The number of nitrogens with one attached hydrogen (secondary N) is 1. The molecule has 0 fully saturated rings. The Balaban J connectivity index is 1.58. The third kappa shape index (κ3) is 3.73. The van der Waals surface area contributed by atoms with Crippen molar-refractivity contribution in [2.45, 2.75) is 0 Å². The van der Waals surface area contributed by atoms with Gasteiger partial charge in [-0.05, 0) is 24.3 Å². The number of anilines is 1. The van der Waals surface area contributed by atoms with Crippen molar-refractivity contribution in [1.29, 1.82) is 0 Å². The van der Waals surface area contributed by atoms with Crippen LogP contribution < -0.4 is 14.8 Å². The lowest BCUT2D eigenvalue weighted by Gasteiger charge is -2.09. The minimum atomic E-state index is -0.292. The Bertz CT molecular complexity index is 815. The van der Waals surface area contributed by atoms with E-state index in [4.69, 9.17) is 9.47 Å². The van der Waals surface area contributed by atoms with Crippen LogP contribution in [0, 0.1) is 0 Å². The summed E-state index contributed by atoms with van der Waals surface area (Å²) in [5.41, 5.74) is 0.920. The summed E-state index contributed by atoms with van der Waals surface area (Å²) in [6.45, 7) is -0.126. The number of hydrogen-bond donors (Lipinski definition) is 1. The molecule has 1 amide bonds. The first-order valence-electron chi connectivity index (χ1n) is 7.43. The number of ether oxygens (including phenoxy) is 2. The highest BCUT2D eigenvalue weighted by molar-refractivity contribution is 5.90. The lowest BCUT2D eigenvalue weighted by molar-refractivity contribution is -0.118. The predicted molar refractivity (Wildman–Crippen MR) is 90.7 cm³/mol. The largest absolute Gasteiger partial charge is 0.493 e. The van der Waals surface area contributed by atoms with E-state index in [0.29, 0.717) is 17.3 Å². The first kappa shape index (κ1) is 15.6. The van der Waals surface area contributed by atoms with Gasteiger partial charge in [-0.3, -0.25) is 4.79 Å². The van der Waals surface area contributed by atoms with Crippen molar-refractivity contribution >= 4 is 11.7 Å². The number of methoxy groups -OCH3 is 1. The number of benzene rings is 2. The van der Waals surface area contributed by atoms with Gasteiger partial charge in [0.25, 0.3) is 5.91 Å². The maximum Gasteiger partial charge on any atom is 0.263 e. The first-order chi connectivity index (χ1) is 11.8. The molecule has 0 radical (unpaired) electrons. The number of nitrogens with zero attached hydrogens (tertiary/aromatic N) is 2. The van der Waals surface area contributed by atoms with E-state index < -0.39 is 0 Å². The second-order valence-electron chi connectivity index (χ2n) is 4.97.